The van der Waals surface area contributed by atoms with E-state index in [1.807, 2.05) is 42.5 Å². The lowest BCUT2D eigenvalue weighted by Crippen LogP contribution is -2.60. The number of hydrogen-bond donors (Lipinski definition) is 1. The molecule has 2 aromatic rings. The minimum atomic E-state index is -0.663. The van der Waals surface area contributed by atoms with Crippen LogP contribution in [0.4, 0.5) is 5.69 Å². The van der Waals surface area contributed by atoms with Crippen LogP contribution in [0.25, 0.3) is 0 Å². The number of nitriles is 1. The third kappa shape index (κ3) is 4.45. The van der Waals surface area contributed by atoms with Crippen LogP contribution in [0.2, 0.25) is 0 Å². The highest BCUT2D eigenvalue weighted by Gasteiger charge is 2.33. The number of rotatable bonds is 5. The van der Waals surface area contributed by atoms with Crippen molar-refractivity contribution in [2.24, 2.45) is 5.73 Å². The summed E-state index contributed by atoms with van der Waals surface area (Å²) in [5, 5.41) is 8.84. The SMILES string of the molecule is N#Cc1ccc(C[CH]C(=O)N2CCN(c3ccccc3)CC2C(N)=O)cc1. The third-order valence-electron chi connectivity index (χ3n) is 4.71. The van der Waals surface area contributed by atoms with Crippen LogP contribution < -0.4 is 10.6 Å². The number of anilines is 1. The fraction of sp³-hybridized carbons (Fsp3) is 0.238. The van der Waals surface area contributed by atoms with Gasteiger partial charge in [0.05, 0.1) is 18.1 Å². The molecule has 2 aromatic carbocycles. The summed E-state index contributed by atoms with van der Waals surface area (Å²) in [5.74, 6) is -0.702. The van der Waals surface area contributed by atoms with Gasteiger partial charge >= 0.3 is 0 Å². The molecule has 1 radical (unpaired) electrons. The molecule has 6 nitrogen and oxygen atoms in total. The Bertz CT molecular complexity index is 843. The second-order valence-corrected chi connectivity index (χ2v) is 6.45. The number of hydrogen-bond acceptors (Lipinski definition) is 4. The topological polar surface area (TPSA) is 90.4 Å². The van der Waals surface area contributed by atoms with Crippen LogP contribution in [-0.2, 0) is 16.0 Å². The Hall–Kier alpha value is -3.33. The Kier molecular flexibility index (Phi) is 5.72. The van der Waals surface area contributed by atoms with Crippen molar-refractivity contribution in [3.8, 4) is 6.07 Å². The Balaban J connectivity index is 1.63. The minimum absolute atomic E-state index is 0.198. The summed E-state index contributed by atoms with van der Waals surface area (Å²) in [6.45, 7) is 1.46. The van der Waals surface area contributed by atoms with E-state index in [2.05, 4.69) is 11.0 Å². The van der Waals surface area contributed by atoms with E-state index in [9.17, 15) is 9.59 Å². The van der Waals surface area contributed by atoms with Gasteiger partial charge in [-0.1, -0.05) is 30.3 Å². The van der Waals surface area contributed by atoms with Gasteiger partial charge < -0.3 is 15.5 Å². The fourth-order valence-corrected chi connectivity index (χ4v) is 3.20. The van der Waals surface area contributed by atoms with Gasteiger partial charge in [-0.2, -0.15) is 5.26 Å². The lowest BCUT2D eigenvalue weighted by atomic mass is 10.1. The number of nitrogens with zero attached hydrogens (tertiary/aromatic N) is 3. The summed E-state index contributed by atoms with van der Waals surface area (Å²) in [7, 11) is 0. The van der Waals surface area contributed by atoms with E-state index in [4.69, 9.17) is 11.0 Å². The van der Waals surface area contributed by atoms with E-state index in [-0.39, 0.29) is 5.91 Å². The summed E-state index contributed by atoms with van der Waals surface area (Å²) in [6.07, 6.45) is 2.00. The molecule has 2 amide bonds. The van der Waals surface area contributed by atoms with Crippen LogP contribution in [0.1, 0.15) is 11.1 Å². The van der Waals surface area contributed by atoms with Crippen molar-refractivity contribution >= 4 is 17.5 Å². The average molecular weight is 361 g/mol. The summed E-state index contributed by atoms with van der Waals surface area (Å²) in [6, 6.07) is 18.3. The van der Waals surface area contributed by atoms with Gasteiger partial charge in [-0.05, 0) is 36.2 Å². The molecule has 3 rings (SSSR count). The van der Waals surface area contributed by atoms with Crippen LogP contribution in [-0.4, -0.2) is 42.4 Å². The Morgan fingerprint density at radius 1 is 1.11 bits per heavy atom. The first kappa shape index (κ1) is 18.5. The van der Waals surface area contributed by atoms with Crippen molar-refractivity contribution in [2.75, 3.05) is 24.5 Å². The average Bonchev–Trinajstić information content (AvgIpc) is 2.72. The van der Waals surface area contributed by atoms with Crippen LogP contribution in [0.5, 0.6) is 0 Å². The van der Waals surface area contributed by atoms with Gasteiger partial charge in [-0.15, -0.1) is 0 Å². The monoisotopic (exact) mass is 361 g/mol. The van der Waals surface area contributed by atoms with Gasteiger partial charge in [0.15, 0.2) is 0 Å². The number of amides is 2. The molecular formula is C21H21N4O2. The highest BCUT2D eigenvalue weighted by atomic mass is 16.2. The number of carbonyl (C=O) groups is 2. The lowest BCUT2D eigenvalue weighted by Gasteiger charge is -2.41. The molecule has 137 valence electrons. The van der Waals surface area contributed by atoms with Crippen molar-refractivity contribution in [1.82, 2.24) is 4.90 Å². The molecule has 1 heterocycles. The maximum atomic E-state index is 12.6. The molecule has 0 aliphatic carbocycles. The molecule has 1 aliphatic heterocycles. The fourth-order valence-electron chi connectivity index (χ4n) is 3.20. The molecule has 1 aliphatic rings. The molecule has 1 fully saturated rings. The second kappa shape index (κ2) is 8.37. The molecule has 1 atom stereocenters. The second-order valence-electron chi connectivity index (χ2n) is 6.45. The van der Waals surface area contributed by atoms with Gasteiger partial charge in [0, 0.05) is 25.3 Å². The first-order valence-corrected chi connectivity index (χ1v) is 8.80. The first-order valence-electron chi connectivity index (χ1n) is 8.80. The maximum Gasteiger partial charge on any atom is 0.242 e. The van der Waals surface area contributed by atoms with Gasteiger partial charge in [-0.25, -0.2) is 0 Å². The van der Waals surface area contributed by atoms with E-state index >= 15 is 0 Å². The van der Waals surface area contributed by atoms with Gasteiger partial charge in [0.2, 0.25) is 11.8 Å². The standard InChI is InChI=1S/C21H21N4O2/c22-14-17-8-6-16(7-9-17)10-11-20(26)25-13-12-24(15-19(25)21(23)27)18-4-2-1-3-5-18/h1-9,11,19H,10,12-13,15H2,(H2,23,27). The molecule has 2 N–H and O–H groups in total. The predicted molar refractivity (Wildman–Crippen MR) is 103 cm³/mol. The number of para-hydroxylation sites is 1. The maximum absolute atomic E-state index is 12.6. The Morgan fingerprint density at radius 3 is 2.44 bits per heavy atom. The Labute approximate surface area is 158 Å². The molecular weight excluding hydrogens is 340 g/mol. The van der Waals surface area contributed by atoms with Crippen molar-refractivity contribution in [2.45, 2.75) is 12.5 Å². The zero-order valence-electron chi connectivity index (χ0n) is 14.9. The van der Waals surface area contributed by atoms with Crippen molar-refractivity contribution < 1.29 is 9.59 Å². The summed E-state index contributed by atoms with van der Waals surface area (Å²) < 4.78 is 0. The highest BCUT2D eigenvalue weighted by molar-refractivity contribution is 5.91. The number of benzene rings is 2. The number of primary amides is 1. The number of carbonyl (C=O) groups excluding carboxylic acids is 2. The quantitative estimate of drug-likeness (QED) is 0.874. The first-order chi connectivity index (χ1) is 13.1. The van der Waals surface area contributed by atoms with E-state index in [0.717, 1.165) is 11.3 Å². The van der Waals surface area contributed by atoms with Crippen LogP contribution in [0.15, 0.2) is 54.6 Å². The van der Waals surface area contributed by atoms with Gasteiger partial charge in [0.1, 0.15) is 6.04 Å². The molecule has 6 heteroatoms. The molecule has 0 saturated carbocycles. The predicted octanol–water partition coefficient (Wildman–Crippen LogP) is 1.51. The van der Waals surface area contributed by atoms with E-state index < -0.39 is 11.9 Å². The minimum Gasteiger partial charge on any atom is -0.368 e. The highest BCUT2D eigenvalue weighted by Crippen LogP contribution is 2.19. The van der Waals surface area contributed by atoms with Gasteiger partial charge in [-0.3, -0.25) is 9.59 Å². The van der Waals surface area contributed by atoms with Gasteiger partial charge in [0.25, 0.3) is 0 Å². The number of piperazine rings is 1. The zero-order chi connectivity index (χ0) is 19.2. The smallest absolute Gasteiger partial charge is 0.242 e. The summed E-state index contributed by atoms with van der Waals surface area (Å²) in [5.41, 5.74) is 8.09. The van der Waals surface area contributed by atoms with Crippen molar-refractivity contribution in [3.05, 3.63) is 72.1 Å². The summed E-state index contributed by atoms with van der Waals surface area (Å²) in [4.78, 5) is 28.2. The molecule has 27 heavy (non-hydrogen) atoms. The molecule has 0 aromatic heterocycles. The van der Waals surface area contributed by atoms with E-state index in [0.29, 0.717) is 31.6 Å². The van der Waals surface area contributed by atoms with Crippen molar-refractivity contribution in [3.63, 3.8) is 0 Å². The number of nitrogens with two attached hydrogens (primary N) is 1. The Morgan fingerprint density at radius 2 is 1.81 bits per heavy atom. The molecule has 0 bridgehead atoms. The molecule has 0 spiro atoms. The third-order valence-corrected chi connectivity index (χ3v) is 4.71. The van der Waals surface area contributed by atoms with Crippen LogP contribution >= 0.6 is 0 Å². The van der Waals surface area contributed by atoms with Crippen LogP contribution in [0, 0.1) is 17.8 Å². The largest absolute Gasteiger partial charge is 0.368 e. The zero-order valence-corrected chi connectivity index (χ0v) is 14.9. The normalized spacial score (nSPS) is 16.6. The molecule has 1 saturated heterocycles. The lowest BCUT2D eigenvalue weighted by molar-refractivity contribution is -0.137. The van der Waals surface area contributed by atoms with Crippen molar-refractivity contribution in [1.29, 1.82) is 5.26 Å². The van der Waals surface area contributed by atoms with E-state index in [1.165, 1.54) is 0 Å². The summed E-state index contributed by atoms with van der Waals surface area (Å²) >= 11 is 0. The van der Waals surface area contributed by atoms with E-state index in [1.54, 1.807) is 23.5 Å². The van der Waals surface area contributed by atoms with Crippen LogP contribution in [0.3, 0.4) is 0 Å². The molecule has 1 unspecified atom stereocenters.